The summed E-state index contributed by atoms with van der Waals surface area (Å²) in [5.41, 5.74) is 12.2. The Morgan fingerprint density at radius 2 is 2.08 bits per heavy atom. The van der Waals surface area contributed by atoms with E-state index in [4.69, 9.17) is 16.6 Å². The van der Waals surface area contributed by atoms with Gasteiger partial charge in [0, 0.05) is 24.3 Å². The van der Waals surface area contributed by atoms with Crippen LogP contribution in [0.15, 0.2) is 23.2 Å². The van der Waals surface area contributed by atoms with Crippen LogP contribution in [-0.4, -0.2) is 41.9 Å². The van der Waals surface area contributed by atoms with Crippen LogP contribution in [0, 0.1) is 5.92 Å². The number of halogens is 1. The number of nitrogens with two attached hydrogens (primary N) is 2. The summed E-state index contributed by atoms with van der Waals surface area (Å²) in [5, 5.41) is 14.3. The van der Waals surface area contributed by atoms with Crippen molar-refractivity contribution in [3.8, 4) is 0 Å². The average molecular weight is 384 g/mol. The van der Waals surface area contributed by atoms with Crippen molar-refractivity contribution in [3.05, 3.63) is 29.3 Å². The average Bonchev–Trinajstić information content (AvgIpc) is 2.54. The van der Waals surface area contributed by atoms with Crippen LogP contribution in [0.3, 0.4) is 0 Å². The van der Waals surface area contributed by atoms with E-state index in [2.05, 4.69) is 15.6 Å². The molecule has 26 heavy (non-hydrogen) atoms. The first-order valence-corrected chi connectivity index (χ1v) is 7.86. The molecule has 1 aromatic rings. The SMILES string of the molecule is Cl.NC(N)=NCCCNC(=O)c1ccc2c(c1)NC(=O)C(CC(=O)O)C2. The first-order chi connectivity index (χ1) is 11.9. The molecule has 1 aromatic carbocycles. The zero-order valence-electron chi connectivity index (χ0n) is 14.0. The third kappa shape index (κ3) is 5.92. The Hall–Kier alpha value is -2.81. The first kappa shape index (κ1) is 21.2. The molecule has 0 radical (unpaired) electrons. The lowest BCUT2D eigenvalue weighted by Crippen LogP contribution is -2.32. The van der Waals surface area contributed by atoms with E-state index in [9.17, 15) is 14.4 Å². The molecule has 7 N–H and O–H groups in total. The summed E-state index contributed by atoms with van der Waals surface area (Å²) >= 11 is 0. The van der Waals surface area contributed by atoms with Crippen molar-refractivity contribution in [3.63, 3.8) is 0 Å². The maximum atomic E-state index is 12.1. The van der Waals surface area contributed by atoms with Crippen LogP contribution < -0.4 is 22.1 Å². The number of amides is 2. The monoisotopic (exact) mass is 383 g/mol. The van der Waals surface area contributed by atoms with Gasteiger partial charge >= 0.3 is 5.97 Å². The van der Waals surface area contributed by atoms with Crippen LogP contribution in [0.4, 0.5) is 5.69 Å². The maximum Gasteiger partial charge on any atom is 0.304 e. The quantitative estimate of drug-likeness (QED) is 0.255. The fourth-order valence-electron chi connectivity index (χ4n) is 2.57. The van der Waals surface area contributed by atoms with Gasteiger partial charge in [-0.1, -0.05) is 6.07 Å². The van der Waals surface area contributed by atoms with Gasteiger partial charge in [-0.25, -0.2) is 0 Å². The fraction of sp³-hybridized carbons (Fsp3) is 0.375. The van der Waals surface area contributed by atoms with E-state index in [-0.39, 0.29) is 36.6 Å². The molecule has 2 rings (SSSR count). The predicted molar refractivity (Wildman–Crippen MR) is 99.4 cm³/mol. The van der Waals surface area contributed by atoms with Crippen molar-refractivity contribution in [2.24, 2.45) is 22.4 Å². The van der Waals surface area contributed by atoms with Gasteiger partial charge in [0.15, 0.2) is 5.96 Å². The number of anilines is 1. The lowest BCUT2D eigenvalue weighted by Gasteiger charge is -2.24. The number of guanidine groups is 1. The minimum atomic E-state index is -1.01. The summed E-state index contributed by atoms with van der Waals surface area (Å²) in [6.45, 7) is 0.841. The predicted octanol–water partition coefficient (Wildman–Crippen LogP) is 0.0872. The van der Waals surface area contributed by atoms with Gasteiger partial charge < -0.3 is 27.2 Å². The molecule has 1 aliphatic heterocycles. The van der Waals surface area contributed by atoms with Gasteiger partial charge in [-0.05, 0) is 30.5 Å². The van der Waals surface area contributed by atoms with Crippen molar-refractivity contribution in [2.45, 2.75) is 19.3 Å². The Morgan fingerprint density at radius 3 is 2.73 bits per heavy atom. The number of nitrogens with one attached hydrogen (secondary N) is 2. The molecular weight excluding hydrogens is 362 g/mol. The first-order valence-electron chi connectivity index (χ1n) is 7.86. The van der Waals surface area contributed by atoms with Crippen LogP contribution in [0.5, 0.6) is 0 Å². The number of benzene rings is 1. The largest absolute Gasteiger partial charge is 0.481 e. The molecule has 0 aliphatic carbocycles. The lowest BCUT2D eigenvalue weighted by molar-refractivity contribution is -0.140. The Morgan fingerprint density at radius 1 is 1.35 bits per heavy atom. The van der Waals surface area contributed by atoms with Crippen LogP contribution in [-0.2, 0) is 16.0 Å². The number of aliphatic carboxylic acids is 1. The number of carbonyl (C=O) groups is 3. The molecule has 0 spiro atoms. The zero-order chi connectivity index (χ0) is 18.4. The minimum absolute atomic E-state index is 0. The van der Waals surface area contributed by atoms with Crippen molar-refractivity contribution in [1.82, 2.24) is 5.32 Å². The standard InChI is InChI=1S/C16H21N5O4.ClH/c17-16(18)20-5-1-4-19-14(24)10-3-2-9-6-11(8-13(22)23)15(25)21-12(9)7-10;/h2-3,7,11H,1,4-6,8H2,(H,19,24)(H,21,25)(H,22,23)(H4,17,18,20);1H. The third-order valence-electron chi connectivity index (χ3n) is 3.80. The second kappa shape index (κ2) is 9.62. The van der Waals surface area contributed by atoms with E-state index in [0.29, 0.717) is 37.2 Å². The van der Waals surface area contributed by atoms with Gasteiger partial charge in [-0.15, -0.1) is 12.4 Å². The summed E-state index contributed by atoms with van der Waals surface area (Å²) in [5.74, 6) is -2.21. The normalized spacial score (nSPS) is 15.1. The molecule has 0 saturated carbocycles. The highest BCUT2D eigenvalue weighted by atomic mass is 35.5. The Balaban J connectivity index is 0.00000338. The molecule has 0 bridgehead atoms. The number of hydrogen-bond acceptors (Lipinski definition) is 4. The Kier molecular flexibility index (Phi) is 7.85. The molecule has 9 nitrogen and oxygen atoms in total. The van der Waals surface area contributed by atoms with E-state index in [1.165, 1.54) is 0 Å². The topological polar surface area (TPSA) is 160 Å². The summed E-state index contributed by atoms with van der Waals surface area (Å²) in [7, 11) is 0. The molecule has 1 atom stereocenters. The second-order valence-corrected chi connectivity index (χ2v) is 5.78. The van der Waals surface area contributed by atoms with Crippen LogP contribution in [0.25, 0.3) is 0 Å². The number of carboxylic acids is 1. The van der Waals surface area contributed by atoms with E-state index >= 15 is 0 Å². The molecule has 0 saturated heterocycles. The molecule has 2 amide bonds. The fourth-order valence-corrected chi connectivity index (χ4v) is 2.57. The van der Waals surface area contributed by atoms with Crippen LogP contribution in [0.2, 0.25) is 0 Å². The molecule has 0 fully saturated rings. The second-order valence-electron chi connectivity index (χ2n) is 5.78. The molecule has 142 valence electrons. The molecule has 0 aromatic heterocycles. The van der Waals surface area contributed by atoms with Crippen LogP contribution >= 0.6 is 12.4 Å². The van der Waals surface area contributed by atoms with Gasteiger partial charge in [0.05, 0.1) is 12.3 Å². The number of carboxylic acid groups (broad SMARTS) is 1. The number of carbonyl (C=O) groups excluding carboxylic acids is 2. The molecule has 1 aliphatic rings. The Labute approximate surface area is 156 Å². The van der Waals surface area contributed by atoms with Gasteiger partial charge in [0.1, 0.15) is 0 Å². The maximum absolute atomic E-state index is 12.1. The number of hydrogen-bond donors (Lipinski definition) is 5. The number of rotatable bonds is 7. The summed E-state index contributed by atoms with van der Waals surface area (Å²) in [6, 6.07) is 4.98. The van der Waals surface area contributed by atoms with Gasteiger partial charge in [0.25, 0.3) is 5.91 Å². The zero-order valence-corrected chi connectivity index (χ0v) is 14.8. The number of aliphatic imine (C=N–C) groups is 1. The Bertz CT molecular complexity index is 719. The summed E-state index contributed by atoms with van der Waals surface area (Å²) in [6.07, 6.45) is 0.722. The molecule has 1 heterocycles. The lowest BCUT2D eigenvalue weighted by atomic mass is 9.90. The highest BCUT2D eigenvalue weighted by Crippen LogP contribution is 2.28. The van der Waals surface area contributed by atoms with Crippen molar-refractivity contribution < 1.29 is 19.5 Å². The van der Waals surface area contributed by atoms with Crippen molar-refractivity contribution in [1.29, 1.82) is 0 Å². The van der Waals surface area contributed by atoms with E-state index in [1.54, 1.807) is 18.2 Å². The van der Waals surface area contributed by atoms with E-state index < -0.39 is 11.9 Å². The smallest absolute Gasteiger partial charge is 0.304 e. The van der Waals surface area contributed by atoms with Gasteiger partial charge in [0.2, 0.25) is 5.91 Å². The highest BCUT2D eigenvalue weighted by Gasteiger charge is 2.28. The van der Waals surface area contributed by atoms with E-state index in [0.717, 1.165) is 5.56 Å². The summed E-state index contributed by atoms with van der Waals surface area (Å²) in [4.78, 5) is 38.7. The third-order valence-corrected chi connectivity index (χ3v) is 3.80. The van der Waals surface area contributed by atoms with Crippen LogP contribution in [0.1, 0.15) is 28.8 Å². The van der Waals surface area contributed by atoms with Gasteiger partial charge in [-0.2, -0.15) is 0 Å². The molecule has 10 heteroatoms. The van der Waals surface area contributed by atoms with Crippen molar-refractivity contribution >= 4 is 41.8 Å². The molecular formula is C16H22ClN5O4. The minimum Gasteiger partial charge on any atom is -0.481 e. The number of fused-ring (bicyclic) bond motifs is 1. The molecule has 1 unspecified atom stereocenters. The van der Waals surface area contributed by atoms with Gasteiger partial charge in [-0.3, -0.25) is 19.4 Å². The van der Waals surface area contributed by atoms with Crippen molar-refractivity contribution in [2.75, 3.05) is 18.4 Å². The van der Waals surface area contributed by atoms with E-state index in [1.807, 2.05) is 0 Å². The summed E-state index contributed by atoms with van der Waals surface area (Å²) < 4.78 is 0. The number of nitrogens with zero attached hydrogens (tertiary/aromatic N) is 1. The highest BCUT2D eigenvalue weighted by molar-refractivity contribution is 6.00.